The van der Waals surface area contributed by atoms with Gasteiger partial charge in [-0.05, 0) is 24.6 Å². The number of fused-ring (bicyclic) bond motifs is 3. The molecule has 6 nitrogen and oxygen atoms in total. The van der Waals surface area contributed by atoms with Crippen molar-refractivity contribution < 1.29 is 18.7 Å². The van der Waals surface area contributed by atoms with Crippen LogP contribution in [0.4, 0.5) is 0 Å². The number of hydrogen-bond donors (Lipinski definition) is 0. The summed E-state index contributed by atoms with van der Waals surface area (Å²) in [4.78, 5) is 25.6. The van der Waals surface area contributed by atoms with Gasteiger partial charge in [0, 0.05) is 0 Å². The van der Waals surface area contributed by atoms with Crippen molar-refractivity contribution in [2.75, 3.05) is 6.61 Å². The molecule has 2 unspecified atom stereocenters. The van der Waals surface area contributed by atoms with E-state index in [4.69, 9.17) is 13.9 Å². The lowest BCUT2D eigenvalue weighted by atomic mass is 9.80. The van der Waals surface area contributed by atoms with Crippen LogP contribution in [0.5, 0.6) is 5.75 Å². The zero-order chi connectivity index (χ0) is 19.0. The molecule has 0 fully saturated rings. The highest BCUT2D eigenvalue weighted by molar-refractivity contribution is 5.92. The third-order valence-corrected chi connectivity index (χ3v) is 4.63. The fraction of sp³-hybridized carbons (Fsp3) is 0.190. The number of esters is 1. The molecule has 0 amide bonds. The van der Waals surface area contributed by atoms with Crippen molar-refractivity contribution in [1.82, 2.24) is 0 Å². The van der Waals surface area contributed by atoms with E-state index in [9.17, 15) is 14.9 Å². The maximum atomic E-state index is 12.8. The van der Waals surface area contributed by atoms with Gasteiger partial charge in [0.15, 0.2) is 0 Å². The van der Waals surface area contributed by atoms with Crippen LogP contribution in [0, 0.1) is 11.3 Å². The molecule has 1 aliphatic heterocycles. The number of hydrogen-bond acceptors (Lipinski definition) is 6. The molecular weight excluding hydrogens is 346 g/mol. The van der Waals surface area contributed by atoms with Crippen molar-refractivity contribution in [2.24, 2.45) is 0 Å². The van der Waals surface area contributed by atoms with Gasteiger partial charge in [0.2, 0.25) is 0 Å². The van der Waals surface area contributed by atoms with Gasteiger partial charge in [-0.15, -0.1) is 0 Å². The van der Waals surface area contributed by atoms with Gasteiger partial charge in [-0.2, -0.15) is 5.26 Å². The van der Waals surface area contributed by atoms with Crippen molar-refractivity contribution in [3.8, 4) is 11.8 Å². The Bertz CT molecular complexity index is 1130. The van der Waals surface area contributed by atoms with Gasteiger partial charge in [0.05, 0.1) is 23.5 Å². The lowest BCUT2D eigenvalue weighted by Gasteiger charge is -2.25. The molecule has 0 N–H and O–H groups in total. The normalized spacial score (nSPS) is 20.5. The number of nitriles is 1. The minimum absolute atomic E-state index is 0.0822. The van der Waals surface area contributed by atoms with Crippen LogP contribution in [-0.4, -0.2) is 18.2 Å². The first-order valence-corrected chi connectivity index (χ1v) is 8.50. The lowest BCUT2D eigenvalue weighted by Crippen LogP contribution is -2.47. The molecule has 1 aliphatic rings. The second-order valence-electron chi connectivity index (χ2n) is 6.14. The Labute approximate surface area is 154 Å². The first kappa shape index (κ1) is 16.9. The third kappa shape index (κ3) is 2.40. The number of ether oxygens (including phenoxy) is 2. The van der Waals surface area contributed by atoms with Crippen molar-refractivity contribution in [3.63, 3.8) is 0 Å². The summed E-state index contributed by atoms with van der Waals surface area (Å²) in [5, 5.41) is 10.5. The SMILES string of the molecule is CCOC(=O)C1(C#N)Oc2c(c(=O)oc3ccccc23)C1c1ccccc1. The third-order valence-electron chi connectivity index (χ3n) is 4.63. The van der Waals surface area contributed by atoms with Gasteiger partial charge >= 0.3 is 17.2 Å². The van der Waals surface area contributed by atoms with Crippen LogP contribution >= 0.6 is 0 Å². The Hall–Kier alpha value is -3.59. The molecule has 1 aromatic heterocycles. The summed E-state index contributed by atoms with van der Waals surface area (Å²) in [7, 11) is 0. The van der Waals surface area contributed by atoms with E-state index in [2.05, 4.69) is 0 Å². The maximum Gasteiger partial charge on any atom is 0.366 e. The molecule has 2 aromatic carbocycles. The predicted octanol–water partition coefficient (Wildman–Crippen LogP) is 3.14. The van der Waals surface area contributed by atoms with Gasteiger partial charge in [-0.1, -0.05) is 42.5 Å². The standard InChI is InChI=1S/C21H15NO5/c1-2-25-20(24)21(12-22)17(13-8-4-3-5-9-13)16-18(27-21)14-10-6-7-11-15(14)26-19(16)23/h3-11,17H,2H2,1H3. The topological polar surface area (TPSA) is 89.5 Å². The predicted molar refractivity (Wildman–Crippen MR) is 96.4 cm³/mol. The molecule has 0 saturated carbocycles. The molecule has 27 heavy (non-hydrogen) atoms. The van der Waals surface area contributed by atoms with E-state index in [0.29, 0.717) is 16.5 Å². The number of benzene rings is 2. The van der Waals surface area contributed by atoms with Crippen molar-refractivity contribution in [1.29, 1.82) is 5.26 Å². The molecule has 0 spiro atoms. The number of para-hydroxylation sites is 1. The molecule has 0 bridgehead atoms. The summed E-state index contributed by atoms with van der Waals surface area (Å²) in [6, 6.07) is 17.6. The van der Waals surface area contributed by atoms with Crippen LogP contribution in [0.15, 0.2) is 63.8 Å². The van der Waals surface area contributed by atoms with Gasteiger partial charge in [0.1, 0.15) is 17.4 Å². The molecule has 0 radical (unpaired) electrons. The molecule has 0 aliphatic carbocycles. The van der Waals surface area contributed by atoms with E-state index in [0.717, 1.165) is 0 Å². The maximum absolute atomic E-state index is 12.8. The van der Waals surface area contributed by atoms with E-state index in [1.807, 2.05) is 12.1 Å². The second-order valence-corrected chi connectivity index (χ2v) is 6.14. The molecular formula is C21H15NO5. The average molecular weight is 361 g/mol. The molecule has 6 heteroatoms. The summed E-state index contributed by atoms with van der Waals surface area (Å²) in [5.41, 5.74) is -1.58. The fourth-order valence-corrected chi connectivity index (χ4v) is 3.50. The van der Waals surface area contributed by atoms with Gasteiger partial charge in [0.25, 0.3) is 0 Å². The minimum Gasteiger partial charge on any atom is -0.462 e. The number of rotatable bonds is 3. The van der Waals surface area contributed by atoms with E-state index in [-0.39, 0.29) is 17.9 Å². The summed E-state index contributed by atoms with van der Waals surface area (Å²) < 4.78 is 16.5. The zero-order valence-corrected chi connectivity index (χ0v) is 14.5. The van der Waals surface area contributed by atoms with Crippen molar-refractivity contribution in [3.05, 3.63) is 76.1 Å². The van der Waals surface area contributed by atoms with Crippen LogP contribution in [0.25, 0.3) is 11.0 Å². The molecule has 4 rings (SSSR count). The molecule has 2 heterocycles. The van der Waals surface area contributed by atoms with Crippen molar-refractivity contribution >= 4 is 16.9 Å². The van der Waals surface area contributed by atoms with Crippen molar-refractivity contribution in [2.45, 2.75) is 18.4 Å². The Morgan fingerprint density at radius 1 is 1.19 bits per heavy atom. The highest BCUT2D eigenvalue weighted by Gasteiger charge is 2.59. The Morgan fingerprint density at radius 3 is 2.59 bits per heavy atom. The second kappa shape index (κ2) is 6.29. The summed E-state index contributed by atoms with van der Waals surface area (Å²) >= 11 is 0. The van der Waals surface area contributed by atoms with Gasteiger partial charge in [-0.3, -0.25) is 0 Å². The molecule has 3 aromatic rings. The highest BCUT2D eigenvalue weighted by atomic mass is 16.6. The van der Waals surface area contributed by atoms with Crippen LogP contribution in [-0.2, 0) is 9.53 Å². The Morgan fingerprint density at radius 2 is 1.89 bits per heavy atom. The zero-order valence-electron chi connectivity index (χ0n) is 14.5. The summed E-state index contributed by atoms with van der Waals surface area (Å²) in [5.74, 6) is -1.61. The first-order valence-electron chi connectivity index (χ1n) is 8.50. The molecule has 134 valence electrons. The molecule has 2 atom stereocenters. The van der Waals surface area contributed by atoms with Crippen LogP contribution in [0.1, 0.15) is 24.0 Å². The van der Waals surface area contributed by atoms with E-state index in [1.54, 1.807) is 55.5 Å². The minimum atomic E-state index is -2.00. The van der Waals surface area contributed by atoms with E-state index < -0.39 is 23.1 Å². The highest BCUT2D eigenvalue weighted by Crippen LogP contribution is 2.49. The number of carbonyl (C=O) groups is 1. The summed E-state index contributed by atoms with van der Waals surface area (Å²) in [6.07, 6.45) is 0. The van der Waals surface area contributed by atoms with Gasteiger partial charge in [-0.25, -0.2) is 9.59 Å². The Kier molecular flexibility index (Phi) is 3.93. The lowest BCUT2D eigenvalue weighted by molar-refractivity contribution is -0.156. The quantitative estimate of drug-likeness (QED) is 0.526. The molecule has 0 saturated heterocycles. The first-order chi connectivity index (χ1) is 13.1. The Balaban J connectivity index is 2.06. The van der Waals surface area contributed by atoms with E-state index >= 15 is 0 Å². The fourth-order valence-electron chi connectivity index (χ4n) is 3.50. The van der Waals surface area contributed by atoms with Crippen LogP contribution < -0.4 is 10.4 Å². The summed E-state index contributed by atoms with van der Waals surface area (Å²) in [6.45, 7) is 1.73. The average Bonchev–Trinajstić information content (AvgIpc) is 3.06. The van der Waals surface area contributed by atoms with E-state index in [1.165, 1.54) is 0 Å². The van der Waals surface area contributed by atoms with Crippen LogP contribution in [0.2, 0.25) is 0 Å². The monoisotopic (exact) mass is 361 g/mol. The number of carbonyl (C=O) groups excluding carboxylic acids is 1. The van der Waals surface area contributed by atoms with Crippen LogP contribution in [0.3, 0.4) is 0 Å². The van der Waals surface area contributed by atoms with Gasteiger partial charge < -0.3 is 13.9 Å². The number of nitrogens with zero attached hydrogens (tertiary/aromatic N) is 1. The largest absolute Gasteiger partial charge is 0.462 e. The smallest absolute Gasteiger partial charge is 0.366 e.